The molecule has 3 rings (SSSR count). The van der Waals surface area contributed by atoms with Gasteiger partial charge >= 0.3 is 0 Å². The lowest BCUT2D eigenvalue weighted by Gasteiger charge is -2.29. The van der Waals surface area contributed by atoms with E-state index in [1.165, 1.54) is 19.4 Å². The lowest BCUT2D eigenvalue weighted by Crippen LogP contribution is -2.45. The van der Waals surface area contributed by atoms with Crippen molar-refractivity contribution in [2.75, 3.05) is 33.7 Å². The highest BCUT2D eigenvalue weighted by Crippen LogP contribution is 2.18. The zero-order valence-electron chi connectivity index (χ0n) is 16.0. The molecular weight excluding hydrogens is 326 g/mol. The van der Waals surface area contributed by atoms with Gasteiger partial charge in [0.1, 0.15) is 6.26 Å². The van der Waals surface area contributed by atoms with E-state index in [2.05, 4.69) is 39.1 Å². The third-order valence-electron chi connectivity index (χ3n) is 4.96. The minimum atomic E-state index is 0.593. The number of nitrogens with zero attached hydrogens (tertiary/aromatic N) is 4. The summed E-state index contributed by atoms with van der Waals surface area (Å²) < 4.78 is 5.60. The molecule has 0 radical (unpaired) electrons. The average molecular weight is 355 g/mol. The number of oxazole rings is 1. The third-order valence-corrected chi connectivity index (χ3v) is 4.96. The van der Waals surface area contributed by atoms with Gasteiger partial charge < -0.3 is 14.6 Å². The van der Waals surface area contributed by atoms with E-state index in [1.807, 2.05) is 37.4 Å². The van der Waals surface area contributed by atoms with E-state index in [-0.39, 0.29) is 0 Å². The molecule has 1 aromatic heterocycles. The van der Waals surface area contributed by atoms with Gasteiger partial charge in [-0.2, -0.15) is 0 Å². The van der Waals surface area contributed by atoms with Crippen LogP contribution >= 0.6 is 0 Å². The molecule has 1 unspecified atom stereocenters. The van der Waals surface area contributed by atoms with E-state index >= 15 is 0 Å². The Kier molecular flexibility index (Phi) is 6.28. The van der Waals surface area contributed by atoms with Crippen molar-refractivity contribution < 1.29 is 4.42 Å². The Hall–Kier alpha value is -2.34. The summed E-state index contributed by atoms with van der Waals surface area (Å²) in [6.07, 6.45) is 4.26. The molecule has 1 saturated heterocycles. The van der Waals surface area contributed by atoms with Gasteiger partial charge in [-0.05, 0) is 38.1 Å². The molecule has 0 amide bonds. The summed E-state index contributed by atoms with van der Waals surface area (Å²) in [7, 11) is 3.92. The fraction of sp³-hybridized carbons (Fsp3) is 0.500. The second kappa shape index (κ2) is 8.85. The van der Waals surface area contributed by atoms with Crippen LogP contribution in [0.2, 0.25) is 0 Å². The van der Waals surface area contributed by atoms with Crippen LogP contribution in [0.3, 0.4) is 0 Å². The quantitative estimate of drug-likeness (QED) is 0.638. The molecule has 26 heavy (non-hydrogen) atoms. The van der Waals surface area contributed by atoms with Gasteiger partial charge in [-0.15, -0.1) is 0 Å². The Morgan fingerprint density at radius 3 is 2.92 bits per heavy atom. The lowest BCUT2D eigenvalue weighted by atomic mass is 10.2. The first-order chi connectivity index (χ1) is 12.7. The van der Waals surface area contributed by atoms with E-state index in [1.54, 1.807) is 6.26 Å². The van der Waals surface area contributed by atoms with Gasteiger partial charge in [0.15, 0.2) is 5.96 Å². The number of benzene rings is 1. The minimum Gasteiger partial charge on any atom is -0.444 e. The van der Waals surface area contributed by atoms with E-state index in [4.69, 9.17) is 4.42 Å². The Bertz CT molecular complexity index is 712. The molecule has 140 valence electrons. The molecule has 1 N–H and O–H groups in total. The summed E-state index contributed by atoms with van der Waals surface area (Å²) in [5.74, 6) is 1.53. The maximum atomic E-state index is 5.60. The number of rotatable bonds is 6. The topological polar surface area (TPSA) is 56.9 Å². The summed E-state index contributed by atoms with van der Waals surface area (Å²) in [6, 6.07) is 10.6. The Morgan fingerprint density at radius 1 is 1.38 bits per heavy atom. The first-order valence-electron chi connectivity index (χ1n) is 9.37. The molecule has 0 saturated carbocycles. The van der Waals surface area contributed by atoms with Crippen LogP contribution < -0.4 is 5.32 Å². The number of guanidine groups is 1. The van der Waals surface area contributed by atoms with Gasteiger partial charge in [0.05, 0.1) is 12.2 Å². The maximum Gasteiger partial charge on any atom is 0.226 e. The third kappa shape index (κ3) is 4.43. The molecule has 6 nitrogen and oxygen atoms in total. The lowest BCUT2D eigenvalue weighted by molar-refractivity contribution is 0.232. The highest BCUT2D eigenvalue weighted by Gasteiger charge is 2.24. The zero-order chi connectivity index (χ0) is 18.4. The van der Waals surface area contributed by atoms with E-state index in [9.17, 15) is 0 Å². The van der Waals surface area contributed by atoms with Gasteiger partial charge in [0.2, 0.25) is 5.89 Å². The molecule has 1 fully saturated rings. The number of aliphatic imine (C=N–C) groups is 1. The number of likely N-dealkylation sites (N-methyl/N-ethyl adjacent to an activating group) is 2. The van der Waals surface area contributed by atoms with Crippen molar-refractivity contribution in [1.29, 1.82) is 0 Å². The predicted octanol–water partition coefficient (Wildman–Crippen LogP) is 2.83. The number of aromatic nitrogens is 1. The molecule has 1 atom stereocenters. The molecule has 2 aromatic rings. The fourth-order valence-electron chi connectivity index (χ4n) is 3.58. The molecule has 0 aliphatic carbocycles. The minimum absolute atomic E-state index is 0.593. The fourth-order valence-corrected chi connectivity index (χ4v) is 3.58. The molecule has 6 heteroatoms. The molecule has 1 aliphatic rings. The second-order valence-electron chi connectivity index (χ2n) is 6.72. The molecular formula is C20H29N5O. The summed E-state index contributed by atoms with van der Waals surface area (Å²) in [6.45, 7) is 6.14. The Balaban J connectivity index is 1.55. The SMILES string of the molecule is CCN1CCCC1CN(C)C(=NC)NCc1coc(-c2ccccc2)n1. The normalized spacial score (nSPS) is 18.3. The standard InChI is InChI=1S/C20H29N5O/c1-4-25-12-8-11-18(25)14-24(3)20(21-2)22-13-17-15-26-19(23-17)16-9-6-5-7-10-16/h5-7,9-10,15,18H,4,8,11-14H2,1-3H3,(H,21,22). The van der Waals surface area contributed by atoms with E-state index in [0.29, 0.717) is 18.5 Å². The zero-order valence-corrected chi connectivity index (χ0v) is 16.0. The Labute approximate surface area is 155 Å². The second-order valence-corrected chi connectivity index (χ2v) is 6.72. The van der Waals surface area contributed by atoms with Crippen LogP contribution in [0.5, 0.6) is 0 Å². The van der Waals surface area contributed by atoms with Gasteiger partial charge in [-0.3, -0.25) is 9.89 Å². The molecule has 0 bridgehead atoms. The molecule has 0 spiro atoms. The molecule has 1 aromatic carbocycles. The first kappa shape index (κ1) is 18.5. The Morgan fingerprint density at radius 2 is 2.19 bits per heavy atom. The number of hydrogen-bond donors (Lipinski definition) is 1. The predicted molar refractivity (Wildman–Crippen MR) is 105 cm³/mol. The van der Waals surface area contributed by atoms with Crippen molar-refractivity contribution in [3.8, 4) is 11.5 Å². The van der Waals surface area contributed by atoms with E-state index < -0.39 is 0 Å². The van der Waals surface area contributed by atoms with Crippen LogP contribution in [0.25, 0.3) is 11.5 Å². The van der Waals surface area contributed by atoms with Crippen molar-refractivity contribution in [3.63, 3.8) is 0 Å². The number of hydrogen-bond acceptors (Lipinski definition) is 4. The van der Waals surface area contributed by atoms with Crippen LogP contribution in [-0.2, 0) is 6.54 Å². The van der Waals surface area contributed by atoms with Crippen LogP contribution in [0.15, 0.2) is 46.0 Å². The molecule has 2 heterocycles. The smallest absolute Gasteiger partial charge is 0.226 e. The van der Waals surface area contributed by atoms with Crippen LogP contribution in [0.4, 0.5) is 0 Å². The van der Waals surface area contributed by atoms with Gasteiger partial charge in [0.25, 0.3) is 0 Å². The largest absolute Gasteiger partial charge is 0.444 e. The number of likely N-dealkylation sites (tertiary alicyclic amines) is 1. The summed E-state index contributed by atoms with van der Waals surface area (Å²) in [4.78, 5) is 13.7. The van der Waals surface area contributed by atoms with Crippen molar-refractivity contribution in [2.45, 2.75) is 32.4 Å². The van der Waals surface area contributed by atoms with Crippen LogP contribution in [-0.4, -0.2) is 60.5 Å². The van der Waals surface area contributed by atoms with E-state index in [0.717, 1.165) is 30.3 Å². The summed E-state index contributed by atoms with van der Waals surface area (Å²) >= 11 is 0. The van der Waals surface area contributed by atoms with Gasteiger partial charge in [-0.25, -0.2) is 4.98 Å². The number of nitrogens with one attached hydrogen (secondary N) is 1. The van der Waals surface area contributed by atoms with Crippen molar-refractivity contribution in [3.05, 3.63) is 42.3 Å². The highest BCUT2D eigenvalue weighted by molar-refractivity contribution is 5.79. The van der Waals surface area contributed by atoms with Gasteiger partial charge in [0, 0.05) is 32.2 Å². The van der Waals surface area contributed by atoms with Crippen molar-refractivity contribution in [1.82, 2.24) is 20.1 Å². The summed E-state index contributed by atoms with van der Waals surface area (Å²) in [5.41, 5.74) is 1.86. The van der Waals surface area contributed by atoms with Crippen molar-refractivity contribution in [2.24, 2.45) is 4.99 Å². The average Bonchev–Trinajstić information content (AvgIpc) is 3.32. The highest BCUT2D eigenvalue weighted by atomic mass is 16.3. The maximum absolute atomic E-state index is 5.60. The first-order valence-corrected chi connectivity index (χ1v) is 9.37. The monoisotopic (exact) mass is 355 g/mol. The molecule has 1 aliphatic heterocycles. The van der Waals surface area contributed by atoms with Crippen LogP contribution in [0, 0.1) is 0 Å². The van der Waals surface area contributed by atoms with Crippen LogP contribution in [0.1, 0.15) is 25.5 Å². The van der Waals surface area contributed by atoms with Crippen molar-refractivity contribution >= 4 is 5.96 Å². The summed E-state index contributed by atoms with van der Waals surface area (Å²) in [5, 5.41) is 3.39. The van der Waals surface area contributed by atoms with Gasteiger partial charge in [-0.1, -0.05) is 25.1 Å².